The van der Waals surface area contributed by atoms with Crippen molar-refractivity contribution in [1.82, 2.24) is 33.8 Å². The van der Waals surface area contributed by atoms with Gasteiger partial charge in [0.1, 0.15) is 22.7 Å². The van der Waals surface area contributed by atoms with Gasteiger partial charge >= 0.3 is 0 Å². The normalized spacial score (nSPS) is 19.0. The van der Waals surface area contributed by atoms with E-state index in [1.807, 2.05) is 79.1 Å². The minimum absolute atomic E-state index is 0.0150. The lowest BCUT2D eigenvalue weighted by atomic mass is 9.79. The Balaban J connectivity index is 1.03. The predicted molar refractivity (Wildman–Crippen MR) is 199 cm³/mol. The number of carbonyl (C=O) groups is 2. The van der Waals surface area contributed by atoms with Crippen molar-refractivity contribution in [3.8, 4) is 10.4 Å². The number of hydrogen-bond acceptors (Lipinski definition) is 8. The Morgan fingerprint density at radius 1 is 1.02 bits per heavy atom. The lowest BCUT2D eigenvalue weighted by Crippen LogP contribution is -2.53. The molecule has 2 saturated heterocycles. The summed E-state index contributed by atoms with van der Waals surface area (Å²) in [5.74, 6) is -1.61. The van der Waals surface area contributed by atoms with Gasteiger partial charge in [0.05, 0.1) is 17.5 Å². The fraction of sp³-hybridized carbons (Fsp3) is 0.410. The first-order chi connectivity index (χ1) is 25.0. The molecule has 52 heavy (non-hydrogen) atoms. The molecule has 0 spiro atoms. The van der Waals surface area contributed by atoms with Crippen molar-refractivity contribution in [3.63, 3.8) is 0 Å². The summed E-state index contributed by atoms with van der Waals surface area (Å²) < 4.78 is 18.7. The number of nitrogens with zero attached hydrogens (tertiary/aromatic N) is 7. The number of likely N-dealkylation sites (tertiary alicyclic amines) is 2. The van der Waals surface area contributed by atoms with Crippen LogP contribution in [-0.2, 0) is 17.9 Å². The number of benzene rings is 1. The van der Waals surface area contributed by atoms with Gasteiger partial charge in [-0.1, -0.05) is 36.4 Å². The molecule has 272 valence electrons. The van der Waals surface area contributed by atoms with Crippen LogP contribution >= 0.6 is 11.3 Å². The van der Waals surface area contributed by atoms with E-state index in [1.165, 1.54) is 17.0 Å². The van der Waals surface area contributed by atoms with Crippen molar-refractivity contribution in [3.05, 3.63) is 106 Å². The standard InChI is InChI=1S/C39H44FN7O4S/c1-26-9-10-28(22-41-26)33-21-32(40)34(52-33)38(50)46-16-11-29(31(23-46)27-7-5-4-6-8-27)36(48)45-17-13-39(51,14-18-45)24-47-25-42-35-30(37(47)49)12-15-44(35)20-19-43(2)3/h4-10,12,15,21-22,25,29,31,51H,11,13-14,16-20,23-24H2,1-3H3/t29-,31+/m1/s1. The van der Waals surface area contributed by atoms with Crippen molar-refractivity contribution in [2.45, 2.75) is 50.8 Å². The number of fused-ring (bicyclic) bond motifs is 1. The zero-order valence-electron chi connectivity index (χ0n) is 29.7. The SMILES string of the molecule is Cc1ccc(-c2cc(F)c(C(=O)N3CC[C@@H](C(=O)N4CCC(O)(Cn5cnc6c(ccn6CCN(C)C)c5=O)CC4)[C@H](c4ccccc4)C3)s2)cn1. The summed E-state index contributed by atoms with van der Waals surface area (Å²) in [7, 11) is 3.99. The molecule has 1 N–H and O–H groups in total. The van der Waals surface area contributed by atoms with Gasteiger partial charge in [-0.25, -0.2) is 9.37 Å². The van der Waals surface area contributed by atoms with Gasteiger partial charge in [-0.15, -0.1) is 11.3 Å². The minimum atomic E-state index is -1.17. The van der Waals surface area contributed by atoms with E-state index in [0.29, 0.717) is 61.4 Å². The molecule has 4 aromatic heterocycles. The second-order valence-corrected chi connectivity index (χ2v) is 15.5. The molecule has 1 aromatic carbocycles. The molecule has 5 aromatic rings. The van der Waals surface area contributed by atoms with Crippen LogP contribution in [0.2, 0.25) is 0 Å². The number of pyridine rings is 1. The first-order valence-corrected chi connectivity index (χ1v) is 18.6. The van der Waals surface area contributed by atoms with Crippen LogP contribution in [0.3, 0.4) is 0 Å². The van der Waals surface area contributed by atoms with Gasteiger partial charge in [-0.3, -0.25) is 23.9 Å². The quantitative estimate of drug-likeness (QED) is 0.236. The number of aromatic nitrogens is 4. The smallest absolute Gasteiger partial charge is 0.266 e. The monoisotopic (exact) mass is 725 g/mol. The van der Waals surface area contributed by atoms with E-state index in [-0.39, 0.29) is 47.2 Å². The lowest BCUT2D eigenvalue weighted by molar-refractivity contribution is -0.142. The first kappa shape index (κ1) is 35.7. The van der Waals surface area contributed by atoms with Gasteiger partial charge in [-0.05, 0) is 64.0 Å². The topological polar surface area (TPSA) is 117 Å². The summed E-state index contributed by atoms with van der Waals surface area (Å²) in [4.78, 5) is 56.5. The van der Waals surface area contributed by atoms with Crippen LogP contribution in [0.1, 0.15) is 46.1 Å². The number of likely N-dealkylation sites (N-methyl/N-ethyl adjacent to an activating group) is 1. The number of piperidine rings is 2. The summed E-state index contributed by atoms with van der Waals surface area (Å²) in [5, 5.41) is 12.1. The molecule has 0 unspecified atom stereocenters. The zero-order valence-corrected chi connectivity index (χ0v) is 30.6. The van der Waals surface area contributed by atoms with Crippen molar-refractivity contribution in [1.29, 1.82) is 0 Å². The second-order valence-electron chi connectivity index (χ2n) is 14.4. The molecule has 0 saturated carbocycles. The van der Waals surface area contributed by atoms with Gasteiger partial charge in [0.25, 0.3) is 11.5 Å². The Hall–Kier alpha value is -4.72. The maximum atomic E-state index is 15.2. The summed E-state index contributed by atoms with van der Waals surface area (Å²) in [5.41, 5.74) is 1.81. The number of aliphatic hydroxyl groups is 1. The molecule has 0 bridgehead atoms. The zero-order chi connectivity index (χ0) is 36.6. The number of aryl methyl sites for hydroxylation is 1. The Labute approximate surface area is 305 Å². The number of amides is 2. The fourth-order valence-electron chi connectivity index (χ4n) is 7.44. The molecule has 6 heterocycles. The highest BCUT2D eigenvalue weighted by Gasteiger charge is 2.42. The van der Waals surface area contributed by atoms with E-state index >= 15 is 4.39 Å². The molecule has 2 aliphatic rings. The molecule has 11 nitrogen and oxygen atoms in total. The Bertz CT molecular complexity index is 2120. The summed E-state index contributed by atoms with van der Waals surface area (Å²) >= 11 is 1.12. The molecular formula is C39H44FN7O4S. The van der Waals surface area contributed by atoms with E-state index in [2.05, 4.69) is 14.9 Å². The van der Waals surface area contributed by atoms with Crippen molar-refractivity contribution in [2.24, 2.45) is 5.92 Å². The molecule has 2 aliphatic heterocycles. The molecule has 2 fully saturated rings. The van der Waals surface area contributed by atoms with Crippen molar-refractivity contribution < 1.29 is 19.1 Å². The van der Waals surface area contributed by atoms with Crippen LogP contribution < -0.4 is 5.56 Å². The van der Waals surface area contributed by atoms with Crippen LogP contribution in [0, 0.1) is 18.7 Å². The third-order valence-corrected chi connectivity index (χ3v) is 11.7. The van der Waals surface area contributed by atoms with E-state index in [9.17, 15) is 19.5 Å². The highest BCUT2D eigenvalue weighted by Crippen LogP contribution is 2.38. The number of thiophene rings is 1. The van der Waals surface area contributed by atoms with Crippen molar-refractivity contribution in [2.75, 3.05) is 46.8 Å². The minimum Gasteiger partial charge on any atom is -0.388 e. The Morgan fingerprint density at radius 3 is 2.50 bits per heavy atom. The molecule has 2 amide bonds. The van der Waals surface area contributed by atoms with Gasteiger partial charge in [-0.2, -0.15) is 0 Å². The molecule has 13 heteroatoms. The maximum Gasteiger partial charge on any atom is 0.266 e. The van der Waals surface area contributed by atoms with Crippen LogP contribution in [-0.4, -0.2) is 103 Å². The van der Waals surface area contributed by atoms with Gasteiger partial charge in [0.2, 0.25) is 5.91 Å². The van der Waals surface area contributed by atoms with E-state index < -0.39 is 11.4 Å². The molecule has 0 aliphatic carbocycles. The van der Waals surface area contributed by atoms with Crippen LogP contribution in [0.4, 0.5) is 4.39 Å². The van der Waals surface area contributed by atoms with Gasteiger partial charge < -0.3 is 24.4 Å². The largest absolute Gasteiger partial charge is 0.388 e. The second kappa shape index (κ2) is 14.7. The number of halogens is 1. The number of rotatable bonds is 9. The highest BCUT2D eigenvalue weighted by molar-refractivity contribution is 7.17. The van der Waals surface area contributed by atoms with E-state index in [4.69, 9.17) is 0 Å². The van der Waals surface area contributed by atoms with Gasteiger partial charge in [0, 0.05) is 79.6 Å². The molecular weight excluding hydrogens is 682 g/mol. The third-order valence-electron chi connectivity index (χ3n) is 10.5. The molecule has 0 radical (unpaired) electrons. The van der Waals surface area contributed by atoms with Crippen LogP contribution in [0.15, 0.2) is 78.1 Å². The van der Waals surface area contributed by atoms with E-state index in [0.717, 1.165) is 34.7 Å². The Morgan fingerprint density at radius 2 is 1.79 bits per heavy atom. The first-order valence-electron chi connectivity index (χ1n) is 17.8. The average Bonchev–Trinajstić information content (AvgIpc) is 3.75. The van der Waals surface area contributed by atoms with Crippen LogP contribution in [0.5, 0.6) is 0 Å². The van der Waals surface area contributed by atoms with Gasteiger partial charge in [0.15, 0.2) is 0 Å². The predicted octanol–water partition coefficient (Wildman–Crippen LogP) is 4.63. The summed E-state index contributed by atoms with van der Waals surface area (Å²) in [6.07, 6.45) is 6.13. The molecule has 2 atom stereocenters. The summed E-state index contributed by atoms with van der Waals surface area (Å²) in [6, 6.07) is 16.6. The molecule has 7 rings (SSSR count). The average molecular weight is 726 g/mol. The highest BCUT2D eigenvalue weighted by atomic mass is 32.1. The third kappa shape index (κ3) is 7.30. The van der Waals surface area contributed by atoms with E-state index in [1.54, 1.807) is 17.2 Å². The Kier molecular flexibility index (Phi) is 10.1. The van der Waals surface area contributed by atoms with Crippen LogP contribution in [0.25, 0.3) is 21.5 Å². The lowest BCUT2D eigenvalue weighted by Gasteiger charge is -2.43. The fourth-order valence-corrected chi connectivity index (χ4v) is 8.44. The van der Waals surface area contributed by atoms with Crippen molar-refractivity contribution >= 4 is 34.2 Å². The summed E-state index contributed by atoms with van der Waals surface area (Å²) in [6.45, 7) is 4.80. The number of carbonyl (C=O) groups excluding carboxylic acids is 2. The number of hydrogen-bond donors (Lipinski definition) is 1. The maximum absolute atomic E-state index is 15.2.